The van der Waals surface area contributed by atoms with E-state index in [9.17, 15) is 17.6 Å². The highest BCUT2D eigenvalue weighted by Crippen LogP contribution is 2.37. The maximum absolute atomic E-state index is 13.7. The Morgan fingerprint density at radius 1 is 1.41 bits per heavy atom. The molecule has 0 bridgehead atoms. The Morgan fingerprint density at radius 3 is 2.86 bits per heavy atom. The topological polar surface area (TPSA) is 67.3 Å². The fourth-order valence-electron chi connectivity index (χ4n) is 3.03. The third-order valence-electron chi connectivity index (χ3n) is 4.32. The molecular formula is C15H19FN2O3S. The van der Waals surface area contributed by atoms with Crippen molar-refractivity contribution in [1.29, 1.82) is 0 Å². The molecule has 0 aromatic carbocycles. The summed E-state index contributed by atoms with van der Waals surface area (Å²) in [4.78, 5) is 18.1. The van der Waals surface area contributed by atoms with Crippen LogP contribution >= 0.6 is 0 Å². The van der Waals surface area contributed by atoms with Gasteiger partial charge < -0.3 is 4.90 Å². The predicted octanol–water partition coefficient (Wildman–Crippen LogP) is 1.19. The molecule has 1 saturated carbocycles. The molecule has 1 aliphatic heterocycles. The first kappa shape index (κ1) is 15.4. The molecule has 0 spiro atoms. The highest BCUT2D eigenvalue weighted by atomic mass is 32.2. The molecular weight excluding hydrogens is 307 g/mol. The molecule has 7 heteroatoms. The molecule has 0 radical (unpaired) electrons. The van der Waals surface area contributed by atoms with Gasteiger partial charge in [0, 0.05) is 18.8 Å². The lowest BCUT2D eigenvalue weighted by Gasteiger charge is -2.29. The SMILES string of the molecule is O=C(Cc1ncccc1F)N1CCCS(=O)(=O)CC1C1CC1. The lowest BCUT2D eigenvalue weighted by Crippen LogP contribution is -2.45. The van der Waals surface area contributed by atoms with E-state index in [1.54, 1.807) is 4.90 Å². The number of nitrogens with zero attached hydrogens (tertiary/aromatic N) is 2. The van der Waals surface area contributed by atoms with Gasteiger partial charge in [0.15, 0.2) is 9.84 Å². The third-order valence-corrected chi connectivity index (χ3v) is 6.08. The zero-order valence-corrected chi connectivity index (χ0v) is 13.1. The minimum atomic E-state index is -3.10. The molecule has 1 aromatic rings. The van der Waals surface area contributed by atoms with Gasteiger partial charge in [-0.15, -0.1) is 0 Å². The molecule has 2 heterocycles. The van der Waals surface area contributed by atoms with E-state index >= 15 is 0 Å². The minimum absolute atomic E-state index is 0.0358. The van der Waals surface area contributed by atoms with E-state index in [0.717, 1.165) is 12.8 Å². The fourth-order valence-corrected chi connectivity index (χ4v) is 4.74. The molecule has 120 valence electrons. The van der Waals surface area contributed by atoms with Crippen molar-refractivity contribution in [3.63, 3.8) is 0 Å². The highest BCUT2D eigenvalue weighted by molar-refractivity contribution is 7.91. The Kier molecular flexibility index (Phi) is 4.16. The smallest absolute Gasteiger partial charge is 0.228 e. The zero-order chi connectivity index (χ0) is 15.7. The predicted molar refractivity (Wildman–Crippen MR) is 79.4 cm³/mol. The average molecular weight is 326 g/mol. The first-order valence-electron chi connectivity index (χ1n) is 7.55. The number of hydrogen-bond donors (Lipinski definition) is 0. The molecule has 5 nitrogen and oxygen atoms in total. The fraction of sp³-hybridized carbons (Fsp3) is 0.600. The largest absolute Gasteiger partial charge is 0.338 e. The molecule has 2 fully saturated rings. The Labute approximate surface area is 129 Å². The first-order valence-corrected chi connectivity index (χ1v) is 9.38. The Balaban J connectivity index is 1.79. The second-order valence-corrected chi connectivity index (χ2v) is 8.30. The van der Waals surface area contributed by atoms with Crippen molar-refractivity contribution in [2.45, 2.75) is 31.7 Å². The Bertz CT molecular complexity index is 673. The van der Waals surface area contributed by atoms with Gasteiger partial charge >= 0.3 is 0 Å². The van der Waals surface area contributed by atoms with Crippen LogP contribution in [0, 0.1) is 11.7 Å². The maximum atomic E-state index is 13.7. The maximum Gasteiger partial charge on any atom is 0.228 e. The first-order chi connectivity index (χ1) is 10.5. The normalized spacial score (nSPS) is 24.8. The minimum Gasteiger partial charge on any atom is -0.338 e. The van der Waals surface area contributed by atoms with E-state index in [1.807, 2.05) is 0 Å². The van der Waals surface area contributed by atoms with Crippen LogP contribution in [0.5, 0.6) is 0 Å². The molecule has 1 saturated heterocycles. The van der Waals surface area contributed by atoms with Gasteiger partial charge in [-0.3, -0.25) is 9.78 Å². The quantitative estimate of drug-likeness (QED) is 0.837. The van der Waals surface area contributed by atoms with Crippen LogP contribution in [-0.4, -0.2) is 48.3 Å². The Hall–Kier alpha value is -1.50. The van der Waals surface area contributed by atoms with Gasteiger partial charge in [0.05, 0.1) is 23.6 Å². The monoisotopic (exact) mass is 326 g/mol. The third kappa shape index (κ3) is 3.45. The van der Waals surface area contributed by atoms with Gasteiger partial charge in [-0.2, -0.15) is 0 Å². The van der Waals surface area contributed by atoms with Crippen LogP contribution in [0.3, 0.4) is 0 Å². The summed E-state index contributed by atoms with van der Waals surface area (Å²) in [5, 5.41) is 0. The number of carbonyl (C=O) groups excluding carboxylic acids is 1. The molecule has 1 aromatic heterocycles. The summed E-state index contributed by atoms with van der Waals surface area (Å²) in [6.45, 7) is 0.424. The molecule has 2 aliphatic rings. The molecule has 3 rings (SSSR count). The number of sulfone groups is 1. The van der Waals surface area contributed by atoms with Gasteiger partial charge in [0.2, 0.25) is 5.91 Å². The zero-order valence-electron chi connectivity index (χ0n) is 12.2. The standard InChI is InChI=1S/C15H19FN2O3S/c16-12-3-1-6-17-13(12)9-15(19)18-7-2-8-22(20,21)10-14(18)11-4-5-11/h1,3,6,11,14H,2,4-5,7-10H2. The van der Waals surface area contributed by atoms with E-state index in [1.165, 1.54) is 18.3 Å². The van der Waals surface area contributed by atoms with E-state index in [-0.39, 0.29) is 41.5 Å². The second kappa shape index (κ2) is 5.95. The summed E-state index contributed by atoms with van der Waals surface area (Å²) < 4.78 is 37.6. The molecule has 22 heavy (non-hydrogen) atoms. The molecule has 1 amide bonds. The average Bonchev–Trinajstić information content (AvgIpc) is 3.28. The summed E-state index contributed by atoms with van der Waals surface area (Å²) in [5.74, 6) is -0.301. The van der Waals surface area contributed by atoms with Crippen LogP contribution < -0.4 is 0 Å². The summed E-state index contributed by atoms with van der Waals surface area (Å²) >= 11 is 0. The van der Waals surface area contributed by atoms with E-state index in [4.69, 9.17) is 0 Å². The van der Waals surface area contributed by atoms with Crippen molar-refractivity contribution in [1.82, 2.24) is 9.88 Å². The van der Waals surface area contributed by atoms with Crippen molar-refractivity contribution in [2.24, 2.45) is 5.92 Å². The number of rotatable bonds is 3. The van der Waals surface area contributed by atoms with E-state index < -0.39 is 15.7 Å². The number of aromatic nitrogens is 1. The molecule has 0 N–H and O–H groups in total. The van der Waals surface area contributed by atoms with Gasteiger partial charge in [0.25, 0.3) is 0 Å². The summed E-state index contributed by atoms with van der Waals surface area (Å²) in [6.07, 6.45) is 3.71. The number of pyridine rings is 1. The number of halogens is 1. The highest BCUT2D eigenvalue weighted by Gasteiger charge is 2.41. The van der Waals surface area contributed by atoms with Gasteiger partial charge in [0.1, 0.15) is 5.82 Å². The van der Waals surface area contributed by atoms with Crippen molar-refractivity contribution in [3.8, 4) is 0 Å². The summed E-state index contributed by atoms with van der Waals surface area (Å²) in [5.41, 5.74) is 0.120. The number of carbonyl (C=O) groups is 1. The lowest BCUT2D eigenvalue weighted by molar-refractivity contribution is -0.132. The van der Waals surface area contributed by atoms with E-state index in [2.05, 4.69) is 4.98 Å². The van der Waals surface area contributed by atoms with Crippen molar-refractivity contribution in [2.75, 3.05) is 18.1 Å². The van der Waals surface area contributed by atoms with Crippen LogP contribution in [0.1, 0.15) is 25.0 Å². The van der Waals surface area contributed by atoms with Crippen molar-refractivity contribution >= 4 is 15.7 Å². The van der Waals surface area contributed by atoms with Crippen molar-refractivity contribution < 1.29 is 17.6 Å². The number of amides is 1. The second-order valence-electron chi connectivity index (χ2n) is 6.07. The van der Waals surface area contributed by atoms with Crippen LogP contribution in [0.15, 0.2) is 18.3 Å². The van der Waals surface area contributed by atoms with Crippen LogP contribution in [0.4, 0.5) is 4.39 Å². The molecule has 1 unspecified atom stereocenters. The molecule has 1 aliphatic carbocycles. The van der Waals surface area contributed by atoms with Crippen LogP contribution in [0.2, 0.25) is 0 Å². The Morgan fingerprint density at radius 2 is 2.18 bits per heavy atom. The summed E-state index contributed by atoms with van der Waals surface area (Å²) in [7, 11) is -3.10. The van der Waals surface area contributed by atoms with E-state index in [0.29, 0.717) is 13.0 Å². The lowest BCUT2D eigenvalue weighted by atomic mass is 10.1. The van der Waals surface area contributed by atoms with Gasteiger partial charge in [-0.1, -0.05) is 0 Å². The van der Waals surface area contributed by atoms with Crippen LogP contribution in [0.25, 0.3) is 0 Å². The van der Waals surface area contributed by atoms with Crippen LogP contribution in [-0.2, 0) is 21.1 Å². The van der Waals surface area contributed by atoms with Gasteiger partial charge in [-0.05, 0) is 37.3 Å². The molecule has 1 atom stereocenters. The van der Waals surface area contributed by atoms with Gasteiger partial charge in [-0.25, -0.2) is 12.8 Å². The number of hydrogen-bond acceptors (Lipinski definition) is 4. The summed E-state index contributed by atoms with van der Waals surface area (Å²) in [6, 6.07) is 2.50. The van der Waals surface area contributed by atoms with Crippen molar-refractivity contribution in [3.05, 3.63) is 29.8 Å².